The molecule has 4 aromatic rings. The average Bonchev–Trinajstić information content (AvgIpc) is 2.89. The van der Waals surface area contributed by atoms with Crippen LogP contribution in [0.5, 0.6) is 11.5 Å². The van der Waals surface area contributed by atoms with E-state index in [-0.39, 0.29) is 17.4 Å². The van der Waals surface area contributed by atoms with Crippen LogP contribution in [0.25, 0.3) is 0 Å². The number of aromatic hydroxyl groups is 1. The Morgan fingerprint density at radius 3 is 1.66 bits per heavy atom. The summed E-state index contributed by atoms with van der Waals surface area (Å²) in [7, 11) is 0. The highest BCUT2D eigenvalue weighted by Crippen LogP contribution is 2.14. The minimum atomic E-state index is -0.276. The number of carbonyl (C=O) groups excluding carboxylic acids is 2. The van der Waals surface area contributed by atoms with E-state index < -0.39 is 0 Å². The molecule has 1 N–H and O–H groups in total. The summed E-state index contributed by atoms with van der Waals surface area (Å²) in [5.74, 6) is 0.702. The Kier molecular flexibility index (Phi) is 11.7. The van der Waals surface area contributed by atoms with Crippen molar-refractivity contribution in [3.63, 3.8) is 0 Å². The van der Waals surface area contributed by atoms with E-state index in [2.05, 4.69) is 0 Å². The van der Waals surface area contributed by atoms with Gasteiger partial charge in [-0.15, -0.1) is 11.6 Å². The number of hydrogen-bond donors (Lipinski definition) is 1. The van der Waals surface area contributed by atoms with Crippen LogP contribution in [-0.4, -0.2) is 17.7 Å². The van der Waals surface area contributed by atoms with Crippen LogP contribution in [0.15, 0.2) is 97.1 Å². The Morgan fingerprint density at radius 2 is 1.20 bits per heavy atom. The van der Waals surface area contributed by atoms with E-state index in [0.717, 1.165) is 23.7 Å². The van der Waals surface area contributed by atoms with Crippen LogP contribution >= 0.6 is 11.6 Å². The van der Waals surface area contributed by atoms with Crippen molar-refractivity contribution in [2.75, 3.05) is 0 Å². The van der Waals surface area contributed by atoms with Gasteiger partial charge in [0.25, 0.3) is 0 Å². The van der Waals surface area contributed by atoms with Crippen LogP contribution in [0, 0.1) is 11.6 Å². The fraction of sp³-hybridized carbons (Fsp3) is 0.0714. The lowest BCUT2D eigenvalue weighted by Gasteiger charge is -2.06. The van der Waals surface area contributed by atoms with E-state index in [0.29, 0.717) is 29.4 Å². The molecule has 0 atom stereocenters. The van der Waals surface area contributed by atoms with Gasteiger partial charge in [0, 0.05) is 17.0 Å². The zero-order valence-electron chi connectivity index (χ0n) is 18.6. The van der Waals surface area contributed by atoms with E-state index in [1.165, 1.54) is 36.4 Å². The van der Waals surface area contributed by atoms with Gasteiger partial charge in [0.05, 0.1) is 0 Å². The molecule has 180 valence electrons. The number of alkyl halides is 1. The number of phenolic OH excluding ortho intramolecular Hbond substituents is 1. The van der Waals surface area contributed by atoms with Crippen LogP contribution in [0.4, 0.5) is 8.78 Å². The highest BCUT2D eigenvalue weighted by Gasteiger charge is 1.98. The summed E-state index contributed by atoms with van der Waals surface area (Å²) in [5.41, 5.74) is 2.76. The maximum Gasteiger partial charge on any atom is 0.150 e. The van der Waals surface area contributed by atoms with Gasteiger partial charge in [0.2, 0.25) is 0 Å². The Bertz CT molecular complexity index is 1200. The second-order valence-electron chi connectivity index (χ2n) is 7.08. The predicted octanol–water partition coefficient (Wildman–Crippen LogP) is 6.99. The first-order chi connectivity index (χ1) is 16.9. The quantitative estimate of drug-likeness (QED) is 0.231. The van der Waals surface area contributed by atoms with Crippen LogP contribution in [0.2, 0.25) is 0 Å². The third-order valence-corrected chi connectivity index (χ3v) is 4.69. The van der Waals surface area contributed by atoms with Crippen molar-refractivity contribution in [2.45, 2.75) is 12.5 Å². The lowest BCUT2D eigenvalue weighted by Crippen LogP contribution is -1.95. The van der Waals surface area contributed by atoms with Crippen molar-refractivity contribution in [3.8, 4) is 11.5 Å². The maximum atomic E-state index is 12.9. The zero-order valence-corrected chi connectivity index (χ0v) is 19.4. The first-order valence-corrected chi connectivity index (χ1v) is 10.9. The number of rotatable bonds is 6. The minimum absolute atomic E-state index is 0.181. The van der Waals surface area contributed by atoms with Gasteiger partial charge in [-0.3, -0.25) is 9.59 Å². The van der Waals surface area contributed by atoms with Crippen LogP contribution in [-0.2, 0) is 12.5 Å². The molecule has 4 nitrogen and oxygen atoms in total. The largest absolute Gasteiger partial charge is 0.508 e. The van der Waals surface area contributed by atoms with E-state index >= 15 is 0 Å². The molecular formula is C28H23ClF2O4. The smallest absolute Gasteiger partial charge is 0.150 e. The minimum Gasteiger partial charge on any atom is -0.508 e. The third kappa shape index (κ3) is 10.6. The second kappa shape index (κ2) is 15.0. The molecule has 0 saturated carbocycles. The Labute approximate surface area is 207 Å². The van der Waals surface area contributed by atoms with Crippen LogP contribution < -0.4 is 4.74 Å². The first-order valence-electron chi connectivity index (χ1n) is 10.4. The Balaban J connectivity index is 0.000000203. The maximum absolute atomic E-state index is 12.9. The van der Waals surface area contributed by atoms with Crippen LogP contribution in [0.1, 0.15) is 31.8 Å². The molecule has 0 aromatic heterocycles. The topological polar surface area (TPSA) is 63.6 Å². The van der Waals surface area contributed by atoms with Crippen LogP contribution in [0.3, 0.4) is 0 Å². The van der Waals surface area contributed by atoms with Crippen molar-refractivity contribution >= 4 is 24.2 Å². The lowest BCUT2D eigenvalue weighted by molar-refractivity contribution is 0.111. The summed E-state index contributed by atoms with van der Waals surface area (Å²) in [4.78, 5) is 20.5. The van der Waals surface area contributed by atoms with Crippen molar-refractivity contribution in [2.24, 2.45) is 0 Å². The fourth-order valence-electron chi connectivity index (χ4n) is 2.61. The molecule has 4 aromatic carbocycles. The summed E-state index contributed by atoms with van der Waals surface area (Å²) < 4.78 is 30.7. The molecular weight excluding hydrogens is 474 g/mol. The van der Waals surface area contributed by atoms with Gasteiger partial charge in [-0.25, -0.2) is 8.78 Å². The number of ether oxygens (including phenoxy) is 1. The number of carbonyl (C=O) groups is 2. The summed E-state index contributed by atoms with van der Waals surface area (Å²) >= 11 is 5.43. The molecule has 0 heterocycles. The predicted molar refractivity (Wildman–Crippen MR) is 132 cm³/mol. The third-order valence-electron chi connectivity index (χ3n) is 4.38. The molecule has 0 amide bonds. The molecule has 0 spiro atoms. The van der Waals surface area contributed by atoms with Gasteiger partial charge in [0.15, 0.2) is 0 Å². The van der Waals surface area contributed by atoms with Gasteiger partial charge >= 0.3 is 0 Å². The summed E-state index contributed by atoms with van der Waals surface area (Å²) in [6, 6.07) is 25.4. The normalized spacial score (nSPS) is 9.57. The number of aldehydes is 2. The standard InChI is InChI=1S/C14H11FO2.C7H6ClF.C7H6O2/c15-13-3-1-2-12(8-13)10-17-14-6-4-11(9-16)5-7-14;8-5-6-2-1-3-7(9)4-6;8-5-6-1-3-7(9)4-2-6/h1-9H,10H2;1-4H,5H2;1-5,9H. The molecule has 0 unspecified atom stereocenters. The van der Waals surface area contributed by atoms with Crippen molar-refractivity contribution < 1.29 is 28.2 Å². The molecule has 0 fully saturated rings. The zero-order chi connectivity index (χ0) is 25.5. The number of phenols is 1. The Morgan fingerprint density at radius 1 is 0.714 bits per heavy atom. The van der Waals surface area contributed by atoms with Gasteiger partial charge in [-0.1, -0.05) is 24.3 Å². The van der Waals surface area contributed by atoms with E-state index in [1.54, 1.807) is 60.7 Å². The number of halogens is 3. The number of benzene rings is 4. The van der Waals surface area contributed by atoms with Crippen molar-refractivity contribution in [1.29, 1.82) is 0 Å². The molecule has 0 saturated heterocycles. The SMILES string of the molecule is Fc1cccc(CCl)c1.O=Cc1ccc(O)cc1.O=Cc1ccc(OCc2cccc(F)c2)cc1. The molecule has 7 heteroatoms. The monoisotopic (exact) mass is 496 g/mol. The van der Waals surface area contributed by atoms with Gasteiger partial charge < -0.3 is 9.84 Å². The molecule has 0 bridgehead atoms. The van der Waals surface area contributed by atoms with E-state index in [4.69, 9.17) is 21.4 Å². The second-order valence-corrected chi connectivity index (χ2v) is 7.35. The molecule has 0 aliphatic heterocycles. The average molecular weight is 497 g/mol. The highest BCUT2D eigenvalue weighted by molar-refractivity contribution is 6.17. The van der Waals surface area contributed by atoms with E-state index in [1.807, 2.05) is 0 Å². The van der Waals surface area contributed by atoms with Crippen molar-refractivity contribution in [1.82, 2.24) is 0 Å². The summed E-state index contributed by atoms with van der Waals surface area (Å²) in [6.45, 7) is 0.304. The summed E-state index contributed by atoms with van der Waals surface area (Å²) in [5, 5.41) is 8.74. The number of hydrogen-bond acceptors (Lipinski definition) is 4. The first kappa shape index (κ1) is 27.2. The van der Waals surface area contributed by atoms with Crippen molar-refractivity contribution in [3.05, 3.63) is 131 Å². The Hall–Kier alpha value is -4.03. The lowest BCUT2D eigenvalue weighted by atomic mass is 10.2. The highest BCUT2D eigenvalue weighted by atomic mass is 35.5. The van der Waals surface area contributed by atoms with Gasteiger partial charge in [-0.05, 0) is 83.9 Å². The molecule has 0 aliphatic rings. The van der Waals surface area contributed by atoms with Gasteiger partial charge in [-0.2, -0.15) is 0 Å². The molecule has 0 aliphatic carbocycles. The fourth-order valence-corrected chi connectivity index (χ4v) is 2.78. The molecule has 35 heavy (non-hydrogen) atoms. The van der Waals surface area contributed by atoms with E-state index in [9.17, 15) is 18.4 Å². The summed E-state index contributed by atoms with van der Waals surface area (Å²) in [6.07, 6.45) is 1.51. The van der Waals surface area contributed by atoms with Gasteiger partial charge in [0.1, 0.15) is 42.3 Å². The molecule has 0 radical (unpaired) electrons. The molecule has 4 rings (SSSR count).